The fourth-order valence-corrected chi connectivity index (χ4v) is 3.89. The fraction of sp³-hybridized carbons (Fsp3) is 0.115. The fourth-order valence-electron chi connectivity index (χ4n) is 3.89. The van der Waals surface area contributed by atoms with E-state index in [9.17, 15) is 14.4 Å². The van der Waals surface area contributed by atoms with Crippen LogP contribution < -0.4 is 11.1 Å². The average molecular weight is 451 g/mol. The van der Waals surface area contributed by atoms with Gasteiger partial charge in [-0.1, -0.05) is 54.6 Å². The Morgan fingerprint density at radius 1 is 0.824 bits per heavy atom. The maximum absolute atomic E-state index is 13.4. The van der Waals surface area contributed by atoms with Gasteiger partial charge in [-0.2, -0.15) is 0 Å². The molecule has 3 aromatic carbocycles. The van der Waals surface area contributed by atoms with Crippen LogP contribution >= 0.6 is 0 Å². The minimum atomic E-state index is -0.293. The van der Waals surface area contributed by atoms with E-state index in [2.05, 4.69) is 15.0 Å². The number of fused-ring (bicyclic) bond motifs is 2. The van der Waals surface area contributed by atoms with Gasteiger partial charge in [-0.15, -0.1) is 0 Å². The van der Waals surface area contributed by atoms with Crippen molar-refractivity contribution in [1.82, 2.24) is 24.4 Å². The molecule has 8 nitrogen and oxygen atoms in total. The molecule has 0 unspecified atom stereocenters. The van der Waals surface area contributed by atoms with Crippen molar-refractivity contribution >= 4 is 27.7 Å². The first-order valence-corrected chi connectivity index (χ1v) is 10.8. The van der Waals surface area contributed by atoms with Crippen molar-refractivity contribution in [3.8, 4) is 0 Å². The first kappa shape index (κ1) is 21.3. The molecule has 0 aliphatic heterocycles. The third-order valence-corrected chi connectivity index (χ3v) is 5.61. The van der Waals surface area contributed by atoms with Crippen LogP contribution in [-0.2, 0) is 24.4 Å². The second-order valence-corrected chi connectivity index (χ2v) is 7.96. The standard InChI is InChI=1S/C26H21N5O3/c32-24(16-31-17-27-21-12-6-5-11-20(21)26(31)34)30(14-18-8-2-1-3-9-18)15-23-28-22-13-7-4-10-19(22)25(33)29-23/h1-13,17H,14-16H2,(H,28,29,33). The summed E-state index contributed by atoms with van der Waals surface area (Å²) in [6.07, 6.45) is 1.39. The van der Waals surface area contributed by atoms with Crippen molar-refractivity contribution in [3.63, 3.8) is 0 Å². The Kier molecular flexibility index (Phi) is 5.70. The molecule has 0 aliphatic carbocycles. The maximum atomic E-state index is 13.4. The molecule has 5 rings (SSSR count). The number of carbonyl (C=O) groups excluding carboxylic acids is 1. The van der Waals surface area contributed by atoms with Crippen molar-refractivity contribution in [2.24, 2.45) is 0 Å². The van der Waals surface area contributed by atoms with Gasteiger partial charge in [0, 0.05) is 6.54 Å². The second-order valence-electron chi connectivity index (χ2n) is 7.96. The van der Waals surface area contributed by atoms with Crippen LogP contribution in [0.5, 0.6) is 0 Å². The van der Waals surface area contributed by atoms with Gasteiger partial charge >= 0.3 is 0 Å². The Balaban J connectivity index is 1.47. The molecule has 1 amide bonds. The molecule has 8 heteroatoms. The smallest absolute Gasteiger partial charge is 0.261 e. The van der Waals surface area contributed by atoms with E-state index < -0.39 is 0 Å². The number of nitrogens with one attached hydrogen (secondary N) is 1. The first-order chi connectivity index (χ1) is 16.6. The summed E-state index contributed by atoms with van der Waals surface area (Å²) in [6.45, 7) is 0.205. The van der Waals surface area contributed by atoms with Gasteiger partial charge in [0.2, 0.25) is 5.91 Å². The number of rotatable bonds is 6. The van der Waals surface area contributed by atoms with Crippen LogP contribution in [0.15, 0.2) is 94.8 Å². The van der Waals surface area contributed by atoms with Gasteiger partial charge in [0.05, 0.1) is 34.7 Å². The lowest BCUT2D eigenvalue weighted by Gasteiger charge is -2.23. The summed E-state index contributed by atoms with van der Waals surface area (Å²) in [7, 11) is 0. The van der Waals surface area contributed by atoms with E-state index in [4.69, 9.17) is 0 Å². The summed E-state index contributed by atoms with van der Waals surface area (Å²) >= 11 is 0. The van der Waals surface area contributed by atoms with E-state index in [-0.39, 0.29) is 30.1 Å². The minimum absolute atomic E-state index is 0.0869. The van der Waals surface area contributed by atoms with Crippen LogP contribution in [0.2, 0.25) is 0 Å². The second kappa shape index (κ2) is 9.11. The number of hydrogen-bond donors (Lipinski definition) is 1. The molecule has 0 spiro atoms. The lowest BCUT2D eigenvalue weighted by Crippen LogP contribution is -2.36. The molecule has 0 fully saturated rings. The molecule has 0 aliphatic rings. The molecule has 0 saturated carbocycles. The Labute approximate surface area is 194 Å². The Hall–Kier alpha value is -4.59. The summed E-state index contributed by atoms with van der Waals surface area (Å²) in [6, 6.07) is 23.6. The van der Waals surface area contributed by atoms with E-state index in [1.54, 1.807) is 41.3 Å². The van der Waals surface area contributed by atoms with E-state index in [0.29, 0.717) is 34.2 Å². The van der Waals surface area contributed by atoms with Gasteiger partial charge in [-0.05, 0) is 29.8 Å². The number of benzene rings is 3. The quantitative estimate of drug-likeness (QED) is 0.428. The van der Waals surface area contributed by atoms with E-state index >= 15 is 0 Å². The lowest BCUT2D eigenvalue weighted by atomic mass is 10.2. The van der Waals surface area contributed by atoms with Crippen molar-refractivity contribution in [3.05, 3.63) is 117 Å². The van der Waals surface area contributed by atoms with Crippen LogP contribution in [0.3, 0.4) is 0 Å². The Morgan fingerprint density at radius 2 is 1.50 bits per heavy atom. The van der Waals surface area contributed by atoms with Crippen molar-refractivity contribution < 1.29 is 4.79 Å². The van der Waals surface area contributed by atoms with Gasteiger partial charge in [0.25, 0.3) is 11.1 Å². The number of carbonyl (C=O) groups is 1. The molecule has 2 heterocycles. The van der Waals surface area contributed by atoms with Crippen LogP contribution in [0.1, 0.15) is 11.4 Å². The van der Waals surface area contributed by atoms with Gasteiger partial charge in [0.1, 0.15) is 12.4 Å². The monoisotopic (exact) mass is 451 g/mol. The van der Waals surface area contributed by atoms with Crippen molar-refractivity contribution in [2.75, 3.05) is 0 Å². The molecule has 2 aromatic heterocycles. The van der Waals surface area contributed by atoms with Gasteiger partial charge in [-0.3, -0.25) is 19.0 Å². The Bertz CT molecular complexity index is 1610. The van der Waals surface area contributed by atoms with Crippen LogP contribution in [-0.4, -0.2) is 30.3 Å². The predicted molar refractivity (Wildman–Crippen MR) is 129 cm³/mol. The number of hydrogen-bond acceptors (Lipinski definition) is 5. The Morgan fingerprint density at radius 3 is 2.29 bits per heavy atom. The molecule has 1 N–H and O–H groups in total. The molecule has 168 valence electrons. The van der Waals surface area contributed by atoms with Crippen molar-refractivity contribution in [2.45, 2.75) is 19.6 Å². The zero-order chi connectivity index (χ0) is 23.5. The van der Waals surface area contributed by atoms with Gasteiger partial charge in [0.15, 0.2) is 0 Å². The lowest BCUT2D eigenvalue weighted by molar-refractivity contribution is -0.133. The summed E-state index contributed by atoms with van der Waals surface area (Å²) in [4.78, 5) is 52.0. The summed E-state index contributed by atoms with van der Waals surface area (Å²) in [5.74, 6) is 0.0795. The van der Waals surface area contributed by atoms with Crippen LogP contribution in [0.4, 0.5) is 0 Å². The number of nitrogens with zero attached hydrogens (tertiary/aromatic N) is 4. The summed E-state index contributed by atoms with van der Waals surface area (Å²) < 4.78 is 1.30. The molecule has 34 heavy (non-hydrogen) atoms. The van der Waals surface area contributed by atoms with Crippen LogP contribution in [0.25, 0.3) is 21.8 Å². The zero-order valence-electron chi connectivity index (χ0n) is 18.2. The zero-order valence-corrected chi connectivity index (χ0v) is 18.2. The summed E-state index contributed by atoms with van der Waals surface area (Å²) in [5.41, 5.74) is 1.51. The van der Waals surface area contributed by atoms with E-state index in [0.717, 1.165) is 5.56 Å². The molecular weight excluding hydrogens is 430 g/mol. The number of amides is 1. The first-order valence-electron chi connectivity index (χ1n) is 10.8. The third-order valence-electron chi connectivity index (χ3n) is 5.61. The van der Waals surface area contributed by atoms with Gasteiger partial charge in [-0.25, -0.2) is 9.97 Å². The summed E-state index contributed by atoms with van der Waals surface area (Å²) in [5, 5.41) is 0.939. The SMILES string of the molecule is O=C(Cn1cnc2ccccc2c1=O)N(Cc1ccccc1)Cc1nc2ccccc2c(=O)[nH]1. The van der Waals surface area contributed by atoms with Crippen molar-refractivity contribution in [1.29, 1.82) is 0 Å². The molecule has 0 atom stereocenters. The van der Waals surface area contributed by atoms with E-state index in [1.807, 2.05) is 42.5 Å². The maximum Gasteiger partial charge on any atom is 0.261 e. The predicted octanol–water partition coefficient (Wildman–Crippen LogP) is 2.86. The highest BCUT2D eigenvalue weighted by atomic mass is 16.2. The molecule has 0 radical (unpaired) electrons. The molecule has 5 aromatic rings. The molecule has 0 bridgehead atoms. The average Bonchev–Trinajstić information content (AvgIpc) is 2.86. The minimum Gasteiger partial charge on any atom is -0.329 e. The molecule has 0 saturated heterocycles. The number of aromatic nitrogens is 4. The largest absolute Gasteiger partial charge is 0.329 e. The highest BCUT2D eigenvalue weighted by Gasteiger charge is 2.18. The van der Waals surface area contributed by atoms with E-state index in [1.165, 1.54) is 10.9 Å². The third kappa shape index (κ3) is 4.33. The number of para-hydroxylation sites is 2. The highest BCUT2D eigenvalue weighted by Crippen LogP contribution is 2.12. The normalized spacial score (nSPS) is 11.1. The number of H-pyrrole nitrogens is 1. The highest BCUT2D eigenvalue weighted by molar-refractivity contribution is 5.79. The van der Waals surface area contributed by atoms with Gasteiger partial charge < -0.3 is 9.88 Å². The number of aromatic amines is 1. The molecular formula is C26H21N5O3. The topological polar surface area (TPSA) is 101 Å². The van der Waals surface area contributed by atoms with Crippen LogP contribution in [0, 0.1) is 0 Å².